The smallest absolute Gasteiger partial charge is 0.203 e. The number of rotatable bonds is 7. The van der Waals surface area contributed by atoms with Gasteiger partial charge in [-0.05, 0) is 55.0 Å². The Morgan fingerprint density at radius 1 is 1.23 bits per heavy atom. The molecule has 0 aliphatic rings. The van der Waals surface area contributed by atoms with Gasteiger partial charge in [-0.15, -0.1) is 11.3 Å². The van der Waals surface area contributed by atoms with Gasteiger partial charge in [-0.25, -0.2) is 4.98 Å². The highest BCUT2D eigenvalue weighted by Gasteiger charge is 2.05. The van der Waals surface area contributed by atoms with Gasteiger partial charge in [-0.3, -0.25) is 5.43 Å². The molecule has 0 bridgehead atoms. The number of benzene rings is 2. The molecular weight excluding hydrogens is 414 g/mol. The number of ether oxygens (including phenoxy) is 2. The van der Waals surface area contributed by atoms with Crippen LogP contribution < -0.4 is 14.9 Å². The van der Waals surface area contributed by atoms with Crippen LogP contribution in [0.25, 0.3) is 0 Å². The quantitative estimate of drug-likeness (QED) is 0.410. The molecule has 0 atom stereocenters. The van der Waals surface area contributed by atoms with Crippen molar-refractivity contribution in [2.75, 3.05) is 12.5 Å². The van der Waals surface area contributed by atoms with E-state index in [4.69, 9.17) is 9.47 Å². The van der Waals surface area contributed by atoms with Crippen molar-refractivity contribution in [3.05, 3.63) is 69.1 Å². The maximum absolute atomic E-state index is 5.85. The van der Waals surface area contributed by atoms with E-state index in [2.05, 4.69) is 31.4 Å². The van der Waals surface area contributed by atoms with Crippen LogP contribution in [0.1, 0.15) is 16.8 Å². The molecule has 1 N–H and O–H groups in total. The molecular formula is C19H18BrN3O2S. The second-order valence-corrected chi connectivity index (χ2v) is 7.25. The normalized spacial score (nSPS) is 10.9. The summed E-state index contributed by atoms with van der Waals surface area (Å²) in [4.78, 5) is 4.31. The molecule has 0 saturated heterocycles. The van der Waals surface area contributed by atoms with Crippen LogP contribution in [0.15, 0.2) is 57.4 Å². The molecule has 5 nitrogen and oxygen atoms in total. The van der Waals surface area contributed by atoms with Gasteiger partial charge in [0.05, 0.1) is 19.0 Å². The van der Waals surface area contributed by atoms with E-state index in [1.165, 1.54) is 11.3 Å². The molecule has 3 rings (SSSR count). The third-order valence-corrected chi connectivity index (χ3v) is 4.90. The fraction of sp³-hybridized carbons (Fsp3) is 0.158. The van der Waals surface area contributed by atoms with E-state index in [-0.39, 0.29) is 0 Å². The first-order chi connectivity index (χ1) is 12.6. The summed E-state index contributed by atoms with van der Waals surface area (Å²) in [5.41, 5.74) is 5.81. The Bertz CT molecular complexity index is 894. The Hall–Kier alpha value is -2.38. The van der Waals surface area contributed by atoms with Gasteiger partial charge in [-0.1, -0.05) is 15.9 Å². The summed E-state index contributed by atoms with van der Waals surface area (Å²) >= 11 is 4.94. The lowest BCUT2D eigenvalue weighted by atomic mass is 10.1. The Morgan fingerprint density at radius 2 is 2.04 bits per heavy atom. The number of aromatic nitrogens is 1. The van der Waals surface area contributed by atoms with Crippen LogP contribution in [0.5, 0.6) is 11.5 Å². The molecule has 0 amide bonds. The molecule has 7 heteroatoms. The summed E-state index contributed by atoms with van der Waals surface area (Å²) in [6.45, 7) is 2.36. The highest BCUT2D eigenvalue weighted by Crippen LogP contribution is 2.23. The number of nitrogens with one attached hydrogen (secondary N) is 1. The summed E-state index contributed by atoms with van der Waals surface area (Å²) in [6, 6.07) is 13.6. The molecule has 0 unspecified atom stereocenters. The summed E-state index contributed by atoms with van der Waals surface area (Å²) in [5.74, 6) is 1.58. The number of aryl methyl sites for hydroxylation is 1. The van der Waals surface area contributed by atoms with Gasteiger partial charge in [-0.2, -0.15) is 5.10 Å². The molecule has 26 heavy (non-hydrogen) atoms. The molecule has 1 heterocycles. The number of methoxy groups -OCH3 is 1. The van der Waals surface area contributed by atoms with E-state index in [9.17, 15) is 0 Å². The molecule has 1 aromatic heterocycles. The van der Waals surface area contributed by atoms with E-state index in [0.717, 1.165) is 37.9 Å². The average molecular weight is 432 g/mol. The van der Waals surface area contributed by atoms with E-state index in [0.29, 0.717) is 6.61 Å². The van der Waals surface area contributed by atoms with E-state index >= 15 is 0 Å². The Kier molecular flexibility index (Phi) is 6.25. The number of thiazole rings is 1. The van der Waals surface area contributed by atoms with Gasteiger partial charge >= 0.3 is 0 Å². The Balaban J connectivity index is 1.68. The van der Waals surface area contributed by atoms with Crippen molar-refractivity contribution < 1.29 is 9.47 Å². The molecule has 134 valence electrons. The third-order valence-electron chi connectivity index (χ3n) is 3.51. The Morgan fingerprint density at radius 3 is 2.73 bits per heavy atom. The largest absolute Gasteiger partial charge is 0.496 e. The van der Waals surface area contributed by atoms with E-state index in [1.807, 2.05) is 54.8 Å². The highest BCUT2D eigenvalue weighted by atomic mass is 79.9. The number of anilines is 1. The van der Waals surface area contributed by atoms with E-state index < -0.39 is 0 Å². The third kappa shape index (κ3) is 5.06. The second-order valence-electron chi connectivity index (χ2n) is 5.48. The van der Waals surface area contributed by atoms with Crippen molar-refractivity contribution in [1.29, 1.82) is 0 Å². The van der Waals surface area contributed by atoms with Crippen LogP contribution in [-0.2, 0) is 6.61 Å². The molecule has 2 aromatic carbocycles. The fourth-order valence-electron chi connectivity index (χ4n) is 2.25. The lowest BCUT2D eigenvalue weighted by Crippen LogP contribution is -2.00. The summed E-state index contributed by atoms with van der Waals surface area (Å²) < 4.78 is 12.3. The van der Waals surface area contributed by atoms with Gasteiger partial charge in [0.1, 0.15) is 18.1 Å². The lowest BCUT2D eigenvalue weighted by Gasteiger charge is -2.11. The van der Waals surface area contributed by atoms with Crippen LogP contribution >= 0.6 is 27.3 Å². The van der Waals surface area contributed by atoms with Crippen LogP contribution in [0.4, 0.5) is 5.13 Å². The molecule has 0 saturated carbocycles. The fourth-order valence-corrected chi connectivity index (χ4v) is 3.15. The van der Waals surface area contributed by atoms with Gasteiger partial charge in [0, 0.05) is 15.4 Å². The minimum absolute atomic E-state index is 0.408. The first kappa shape index (κ1) is 18.4. The molecule has 0 aliphatic carbocycles. The maximum Gasteiger partial charge on any atom is 0.203 e. The van der Waals surface area contributed by atoms with Crippen molar-refractivity contribution in [1.82, 2.24) is 4.98 Å². The molecule has 0 radical (unpaired) electrons. The standard InChI is InChI=1S/C19H18BrN3O2S/c1-13-12-26-19(22-13)23-21-10-14-3-8-18(24-2)15(9-14)11-25-17-6-4-16(20)5-7-17/h3-10,12H,11H2,1-2H3,(H,22,23). The predicted molar refractivity (Wildman–Crippen MR) is 110 cm³/mol. The van der Waals surface area contributed by atoms with Crippen LogP contribution in [-0.4, -0.2) is 18.3 Å². The topological polar surface area (TPSA) is 55.7 Å². The Labute approximate surface area is 164 Å². The molecule has 0 spiro atoms. The van der Waals surface area contributed by atoms with Crippen LogP contribution in [0.2, 0.25) is 0 Å². The molecule has 3 aromatic rings. The van der Waals surface area contributed by atoms with Crippen LogP contribution in [0.3, 0.4) is 0 Å². The van der Waals surface area contributed by atoms with Crippen molar-refractivity contribution in [3.63, 3.8) is 0 Å². The second kappa shape index (κ2) is 8.82. The van der Waals surface area contributed by atoms with Gasteiger partial charge in [0.25, 0.3) is 0 Å². The minimum atomic E-state index is 0.408. The molecule has 0 fully saturated rings. The zero-order valence-electron chi connectivity index (χ0n) is 14.4. The van der Waals surface area contributed by atoms with Gasteiger partial charge in [0.2, 0.25) is 5.13 Å². The number of hydrogen-bond donors (Lipinski definition) is 1. The average Bonchev–Trinajstić information content (AvgIpc) is 3.06. The SMILES string of the molecule is COc1ccc(C=NNc2nc(C)cs2)cc1COc1ccc(Br)cc1. The zero-order chi connectivity index (χ0) is 18.4. The highest BCUT2D eigenvalue weighted by molar-refractivity contribution is 9.10. The van der Waals surface area contributed by atoms with Crippen molar-refractivity contribution in [3.8, 4) is 11.5 Å². The summed E-state index contributed by atoms with van der Waals surface area (Å²) in [6.07, 6.45) is 1.75. The lowest BCUT2D eigenvalue weighted by molar-refractivity contribution is 0.296. The van der Waals surface area contributed by atoms with Crippen molar-refractivity contribution in [2.24, 2.45) is 5.10 Å². The predicted octanol–water partition coefficient (Wildman–Crippen LogP) is 5.25. The first-order valence-electron chi connectivity index (χ1n) is 7.90. The number of nitrogens with zero attached hydrogens (tertiary/aromatic N) is 2. The van der Waals surface area contributed by atoms with Crippen molar-refractivity contribution in [2.45, 2.75) is 13.5 Å². The van der Waals surface area contributed by atoms with Crippen LogP contribution in [0, 0.1) is 6.92 Å². The number of halogens is 1. The first-order valence-corrected chi connectivity index (χ1v) is 9.58. The maximum atomic E-state index is 5.85. The van der Waals surface area contributed by atoms with E-state index in [1.54, 1.807) is 13.3 Å². The number of hydrogen-bond acceptors (Lipinski definition) is 6. The molecule has 0 aliphatic heterocycles. The zero-order valence-corrected chi connectivity index (χ0v) is 16.8. The van der Waals surface area contributed by atoms with Gasteiger partial charge in [0.15, 0.2) is 0 Å². The minimum Gasteiger partial charge on any atom is -0.496 e. The summed E-state index contributed by atoms with van der Waals surface area (Å²) in [7, 11) is 1.65. The monoisotopic (exact) mass is 431 g/mol. The van der Waals surface area contributed by atoms with Gasteiger partial charge < -0.3 is 9.47 Å². The summed E-state index contributed by atoms with van der Waals surface area (Å²) in [5, 5.41) is 6.98. The number of hydrazone groups is 1. The van der Waals surface area contributed by atoms with Crippen molar-refractivity contribution >= 4 is 38.6 Å².